The Balaban J connectivity index is 0.000000114. The van der Waals surface area contributed by atoms with E-state index in [-0.39, 0.29) is 22.3 Å². The average Bonchev–Trinajstić information content (AvgIpc) is 3.79. The maximum absolute atomic E-state index is 10.4. The average molecular weight is 1240 g/mol. The molecule has 0 saturated heterocycles. The fourth-order valence-electron chi connectivity index (χ4n) is 12.4. The Hall–Kier alpha value is -1.92. The maximum atomic E-state index is 10.4. The van der Waals surface area contributed by atoms with Crippen LogP contribution in [0.25, 0.3) is 33.4 Å². The van der Waals surface area contributed by atoms with Gasteiger partial charge in [0.2, 0.25) is 0 Å². The third-order valence-corrected chi connectivity index (χ3v) is 18.7. The molecule has 0 heterocycles. The van der Waals surface area contributed by atoms with E-state index >= 15 is 0 Å². The van der Waals surface area contributed by atoms with Crippen LogP contribution in [0.5, 0.6) is 0 Å². The molecule has 6 aromatic rings. The molecule has 3 fully saturated rings. The van der Waals surface area contributed by atoms with E-state index in [2.05, 4.69) is 205 Å². The topological polar surface area (TPSA) is 66.5 Å². The van der Waals surface area contributed by atoms with Crippen LogP contribution in [0.4, 0.5) is 0 Å². The van der Waals surface area contributed by atoms with Crippen LogP contribution >= 0.6 is 95.6 Å². The lowest BCUT2D eigenvalue weighted by Gasteiger charge is -2.42. The van der Waals surface area contributed by atoms with E-state index in [4.69, 9.17) is 5.73 Å². The van der Waals surface area contributed by atoms with Gasteiger partial charge in [-0.05, 0) is 224 Å². The summed E-state index contributed by atoms with van der Waals surface area (Å²) in [5, 5.41) is 20.3. The van der Waals surface area contributed by atoms with Crippen LogP contribution in [0.15, 0.2) is 136 Å². The van der Waals surface area contributed by atoms with Crippen molar-refractivity contribution in [3.05, 3.63) is 169 Å². The van der Waals surface area contributed by atoms with E-state index in [1.54, 1.807) is 0 Å². The number of hydrogen-bond donors (Lipinski definition) is 3. The third-order valence-electron chi connectivity index (χ3n) is 15.7. The highest BCUT2D eigenvalue weighted by molar-refractivity contribution is 9.11. The van der Waals surface area contributed by atoms with Crippen molar-refractivity contribution in [3.63, 3.8) is 0 Å². The number of nitrogens with two attached hydrogens (primary N) is 1. The number of hydrogen-bond acceptors (Lipinski definition) is 3. The molecule has 0 atom stereocenters. The molecular weight excluding hydrogens is 1190 g/mol. The standard InChI is InChI=1S/C19H18Br2O.C18H17Br2N.C18H16Br2O/c1-18(22)6-8-19(9-7-18)16-10-12(20)2-4-14(16)15-5-3-13(21)11-17(15)19;2*19-11-1-3-14-15-4-2-12(20)10-17(15)18(16(14)9-11)7-5-13(21)6-8-18/h2-5,10-11,22H,6-9H2,1H3;1-4,9-10,13H,5-8,21H2;1-4,9-10,13,21H,5-8H2. The summed E-state index contributed by atoms with van der Waals surface area (Å²) in [5.74, 6) is 0. The first-order chi connectivity index (χ1) is 30.6. The summed E-state index contributed by atoms with van der Waals surface area (Å²) in [4.78, 5) is 0. The van der Waals surface area contributed by atoms with Gasteiger partial charge in [0.15, 0.2) is 0 Å². The molecule has 3 spiro atoms. The van der Waals surface area contributed by atoms with Gasteiger partial charge in [-0.1, -0.05) is 132 Å². The normalized spacial score (nSPS) is 21.7. The molecule has 6 aromatic carbocycles. The molecule has 6 aliphatic rings. The van der Waals surface area contributed by atoms with Crippen LogP contribution in [0.3, 0.4) is 0 Å². The molecule has 9 heteroatoms. The van der Waals surface area contributed by atoms with Crippen molar-refractivity contribution in [2.75, 3.05) is 0 Å². The number of halogens is 6. The minimum atomic E-state index is -0.522. The second-order valence-corrected chi connectivity index (χ2v) is 24.9. The molecular formula is C55H51Br6NO2. The fourth-order valence-corrected chi connectivity index (χ4v) is 14.5. The molecule has 0 radical (unpaired) electrons. The molecule has 4 N–H and O–H groups in total. The Morgan fingerprint density at radius 1 is 0.391 bits per heavy atom. The van der Waals surface area contributed by atoms with Crippen LogP contribution in [0, 0.1) is 0 Å². The van der Waals surface area contributed by atoms with Crippen LogP contribution in [0.1, 0.15) is 117 Å². The predicted molar refractivity (Wildman–Crippen MR) is 284 cm³/mol. The first kappa shape index (κ1) is 45.8. The zero-order valence-corrected chi connectivity index (χ0v) is 45.3. The first-order valence-electron chi connectivity index (χ1n) is 22.6. The van der Waals surface area contributed by atoms with Crippen molar-refractivity contribution in [2.24, 2.45) is 5.73 Å². The Labute approximate surface area is 428 Å². The van der Waals surface area contributed by atoms with Crippen molar-refractivity contribution in [3.8, 4) is 33.4 Å². The van der Waals surface area contributed by atoms with Crippen molar-refractivity contribution in [2.45, 2.75) is 118 Å². The molecule has 3 saturated carbocycles. The van der Waals surface area contributed by atoms with E-state index in [1.165, 1.54) is 75.7 Å². The highest BCUT2D eigenvalue weighted by Gasteiger charge is 2.49. The monoisotopic (exact) mass is 1230 g/mol. The van der Waals surface area contributed by atoms with E-state index in [0.717, 1.165) is 94.9 Å². The van der Waals surface area contributed by atoms with E-state index < -0.39 is 5.60 Å². The minimum absolute atomic E-state index is 0.0560. The Kier molecular flexibility index (Phi) is 12.6. The van der Waals surface area contributed by atoms with Gasteiger partial charge in [-0.15, -0.1) is 0 Å². The van der Waals surface area contributed by atoms with Gasteiger partial charge in [0.1, 0.15) is 0 Å². The van der Waals surface area contributed by atoms with Crippen molar-refractivity contribution in [1.29, 1.82) is 0 Å². The van der Waals surface area contributed by atoms with Crippen LogP contribution in [0.2, 0.25) is 0 Å². The lowest BCUT2D eigenvalue weighted by molar-refractivity contribution is 0.00697. The predicted octanol–water partition coefficient (Wildman–Crippen LogP) is 16.6. The highest BCUT2D eigenvalue weighted by atomic mass is 79.9. The molecule has 0 bridgehead atoms. The molecule has 6 aliphatic carbocycles. The van der Waals surface area contributed by atoms with Gasteiger partial charge in [0, 0.05) is 49.1 Å². The summed E-state index contributed by atoms with van der Waals surface area (Å²) >= 11 is 21.8. The van der Waals surface area contributed by atoms with Crippen LogP contribution < -0.4 is 5.73 Å². The highest BCUT2D eigenvalue weighted by Crippen LogP contribution is 2.60. The molecule has 0 unspecified atom stereocenters. The van der Waals surface area contributed by atoms with Crippen molar-refractivity contribution >= 4 is 95.6 Å². The van der Waals surface area contributed by atoms with Gasteiger partial charge in [-0.2, -0.15) is 0 Å². The SMILES string of the molecule is CC1(O)CCC2(CC1)c1cc(Br)ccc1-c1ccc(Br)cc12.NC1CCC2(CC1)c1cc(Br)ccc1-c1ccc(Br)cc12.OC1CCC2(CC1)c1cc(Br)ccc1-c1ccc(Br)cc12. The second-order valence-electron chi connectivity index (χ2n) is 19.5. The summed E-state index contributed by atoms with van der Waals surface area (Å²) in [6.45, 7) is 1.97. The molecule has 0 aromatic heterocycles. The van der Waals surface area contributed by atoms with E-state index in [0.29, 0.717) is 6.04 Å². The maximum Gasteiger partial charge on any atom is 0.0620 e. The first-order valence-corrected chi connectivity index (χ1v) is 27.3. The Morgan fingerprint density at radius 3 is 0.891 bits per heavy atom. The van der Waals surface area contributed by atoms with Crippen LogP contribution in [-0.4, -0.2) is 28.0 Å². The fraction of sp³-hybridized carbons (Fsp3) is 0.345. The summed E-state index contributed by atoms with van der Waals surface area (Å²) in [5.41, 5.74) is 22.8. The van der Waals surface area contributed by atoms with Crippen molar-refractivity contribution in [1.82, 2.24) is 0 Å². The number of rotatable bonds is 0. The van der Waals surface area contributed by atoms with Crippen LogP contribution in [-0.2, 0) is 16.2 Å². The van der Waals surface area contributed by atoms with Gasteiger partial charge < -0.3 is 15.9 Å². The van der Waals surface area contributed by atoms with Crippen molar-refractivity contribution < 1.29 is 10.2 Å². The summed E-state index contributed by atoms with van der Waals surface area (Å²) in [7, 11) is 0. The lowest BCUT2D eigenvalue weighted by atomic mass is 9.64. The Morgan fingerprint density at radius 2 is 0.625 bits per heavy atom. The molecule has 3 nitrogen and oxygen atoms in total. The zero-order chi connectivity index (χ0) is 44.8. The molecule has 12 rings (SSSR count). The van der Waals surface area contributed by atoms with Gasteiger partial charge >= 0.3 is 0 Å². The number of aliphatic hydroxyl groups excluding tert-OH is 1. The summed E-state index contributed by atoms with van der Waals surface area (Å²) in [6, 6.07) is 40.4. The third kappa shape index (κ3) is 7.98. The minimum Gasteiger partial charge on any atom is -0.393 e. The zero-order valence-electron chi connectivity index (χ0n) is 35.8. The van der Waals surface area contributed by atoms with Gasteiger partial charge in [0.25, 0.3) is 0 Å². The second kappa shape index (κ2) is 17.6. The smallest absolute Gasteiger partial charge is 0.0620 e. The number of aliphatic hydroxyl groups is 2. The molecule has 64 heavy (non-hydrogen) atoms. The quantitative estimate of drug-likeness (QED) is 0.142. The lowest BCUT2D eigenvalue weighted by Crippen LogP contribution is -2.39. The summed E-state index contributed by atoms with van der Waals surface area (Å²) in [6.07, 6.45) is 11.9. The van der Waals surface area contributed by atoms with Gasteiger partial charge in [-0.25, -0.2) is 0 Å². The number of fused-ring (bicyclic) bond motifs is 15. The van der Waals surface area contributed by atoms with Gasteiger partial charge in [0.05, 0.1) is 11.7 Å². The molecule has 330 valence electrons. The number of benzene rings is 6. The molecule has 0 aliphatic heterocycles. The largest absolute Gasteiger partial charge is 0.393 e. The molecule has 0 amide bonds. The van der Waals surface area contributed by atoms with E-state index in [1.807, 2.05) is 6.92 Å². The summed E-state index contributed by atoms with van der Waals surface area (Å²) < 4.78 is 6.88. The van der Waals surface area contributed by atoms with Gasteiger partial charge in [-0.3, -0.25) is 0 Å². The van der Waals surface area contributed by atoms with E-state index in [9.17, 15) is 10.2 Å². The Bertz CT molecular complexity index is 2510.